The van der Waals surface area contributed by atoms with Crippen molar-refractivity contribution in [2.45, 2.75) is 62.5 Å². The second-order valence-electron chi connectivity index (χ2n) is 5.77. The van der Waals surface area contributed by atoms with Crippen LogP contribution in [0.15, 0.2) is 0 Å². The average molecular weight is 498 g/mol. The third kappa shape index (κ3) is 5.17. The Morgan fingerprint density at radius 3 is 1.33 bits per heavy atom. The Morgan fingerprint density at radius 2 is 1.00 bits per heavy atom. The van der Waals surface area contributed by atoms with Crippen LogP contribution in [0.5, 0.6) is 0 Å². The van der Waals surface area contributed by atoms with E-state index < -0.39 is 62.4 Å². The molecule has 0 unspecified atom stereocenters. The third-order valence-electron chi connectivity index (χ3n) is 3.57. The fraction of sp³-hybridized carbons (Fsp3) is 1.00. The minimum absolute atomic E-state index is 0.319. The van der Waals surface area contributed by atoms with Crippen LogP contribution in [0.2, 0.25) is 0 Å². The smallest absolute Gasteiger partial charge is 0.309 e. The first-order valence-corrected chi connectivity index (χ1v) is 9.64. The van der Waals surface area contributed by atoms with E-state index in [0.717, 1.165) is 0 Å². The molecule has 0 radical (unpaired) electrons. The van der Waals surface area contributed by atoms with Crippen molar-refractivity contribution < 1.29 is 70.7 Å². The molecule has 0 spiro atoms. The van der Waals surface area contributed by atoms with Gasteiger partial charge in [0.15, 0.2) is 0 Å². The molecule has 0 aliphatic rings. The van der Waals surface area contributed by atoms with Crippen LogP contribution in [0.25, 0.3) is 0 Å². The molecule has 0 saturated carbocycles. The molecule has 30 heavy (non-hydrogen) atoms. The molecule has 0 aromatic rings. The Bertz CT molecular complexity index is 608. The van der Waals surface area contributed by atoms with Crippen molar-refractivity contribution in [1.82, 2.24) is 0 Å². The fourth-order valence-corrected chi connectivity index (χ4v) is 3.68. The lowest BCUT2D eigenvalue weighted by molar-refractivity contribution is -0.440. The lowest BCUT2D eigenvalue weighted by atomic mass is 9.92. The Balaban J connectivity index is 5.78. The first-order valence-electron chi connectivity index (χ1n) is 7.92. The summed E-state index contributed by atoms with van der Waals surface area (Å²) in [7, 11) is -4.16. The highest BCUT2D eigenvalue weighted by Gasteiger charge is 2.90. The van der Waals surface area contributed by atoms with Crippen LogP contribution in [0.1, 0.15) is 26.7 Å². The Morgan fingerprint density at radius 1 is 0.633 bits per heavy atom. The molecular weight excluding hydrogens is 482 g/mol. The molecule has 0 aromatic heterocycles. The zero-order valence-corrected chi connectivity index (χ0v) is 16.0. The van der Waals surface area contributed by atoms with E-state index in [4.69, 9.17) is 0 Å². The summed E-state index contributed by atoms with van der Waals surface area (Å²) in [6.07, 6.45) is -12.3. The zero-order valence-electron chi connectivity index (χ0n) is 15.1. The number of hydrogen-bond donors (Lipinski definition) is 0. The average Bonchev–Trinajstić information content (AvgIpc) is 2.53. The highest BCUT2D eigenvalue weighted by atomic mass is 31.2. The number of rotatable bonds is 12. The summed E-state index contributed by atoms with van der Waals surface area (Å²) in [5.41, 5.74) is 0. The van der Waals surface area contributed by atoms with E-state index >= 15 is 0 Å². The van der Waals surface area contributed by atoms with Crippen LogP contribution in [-0.2, 0) is 13.6 Å². The molecule has 0 aromatic carbocycles. The Labute approximate surface area is 161 Å². The second kappa shape index (κ2) is 9.00. The summed E-state index contributed by atoms with van der Waals surface area (Å²) in [5.74, 6) is -37.1. The minimum atomic E-state index is -7.93. The second-order valence-corrected chi connectivity index (χ2v) is 7.96. The van der Waals surface area contributed by atoms with Crippen LogP contribution in [-0.4, -0.2) is 55.2 Å². The molecule has 0 rings (SSSR count). The van der Waals surface area contributed by atoms with Crippen molar-refractivity contribution in [3.05, 3.63) is 0 Å². The summed E-state index contributed by atoms with van der Waals surface area (Å²) in [4.78, 5) is 0. The van der Waals surface area contributed by atoms with Gasteiger partial charge in [-0.3, -0.25) is 4.57 Å². The zero-order chi connectivity index (χ0) is 24.4. The van der Waals surface area contributed by atoms with Gasteiger partial charge in [0.1, 0.15) is 0 Å². The Hall–Kier alpha value is -0.760. The van der Waals surface area contributed by atoms with Gasteiger partial charge in [0.2, 0.25) is 0 Å². The maximum Gasteiger partial charge on any atom is 0.460 e. The van der Waals surface area contributed by atoms with Crippen LogP contribution in [0, 0.1) is 0 Å². The van der Waals surface area contributed by atoms with Gasteiger partial charge in [-0.15, -0.1) is 0 Å². The lowest BCUT2D eigenvalue weighted by Crippen LogP contribution is -2.70. The molecule has 0 fully saturated rings. The molecule has 3 nitrogen and oxygen atoms in total. The fourth-order valence-electron chi connectivity index (χ4n) is 2.01. The van der Waals surface area contributed by atoms with Crippen molar-refractivity contribution in [3.8, 4) is 0 Å². The van der Waals surface area contributed by atoms with Gasteiger partial charge in [-0.1, -0.05) is 0 Å². The van der Waals surface area contributed by atoms with E-state index in [0.29, 0.717) is 0 Å². The van der Waals surface area contributed by atoms with E-state index in [1.165, 1.54) is 13.8 Å². The molecule has 0 saturated heterocycles. The predicted octanol–water partition coefficient (Wildman–Crippen LogP) is 6.77. The molecule has 0 amide bonds. The molecule has 17 heteroatoms. The Kier molecular flexibility index (Phi) is 8.78. The van der Waals surface area contributed by atoms with Crippen molar-refractivity contribution in [1.29, 1.82) is 0 Å². The van der Waals surface area contributed by atoms with Crippen LogP contribution >= 0.6 is 7.60 Å². The molecule has 0 N–H and O–H groups in total. The van der Waals surface area contributed by atoms with Crippen molar-refractivity contribution in [3.63, 3.8) is 0 Å². The van der Waals surface area contributed by atoms with Gasteiger partial charge < -0.3 is 9.05 Å². The van der Waals surface area contributed by atoms with Gasteiger partial charge in [0.05, 0.1) is 19.4 Å². The first kappa shape index (κ1) is 29.2. The highest BCUT2D eigenvalue weighted by molar-refractivity contribution is 7.53. The monoisotopic (exact) mass is 498 g/mol. The van der Waals surface area contributed by atoms with Crippen LogP contribution < -0.4 is 0 Å². The first-order chi connectivity index (χ1) is 13.1. The van der Waals surface area contributed by atoms with E-state index in [1.807, 2.05) is 0 Å². The van der Waals surface area contributed by atoms with Crippen LogP contribution in [0.4, 0.5) is 57.1 Å². The van der Waals surface area contributed by atoms with E-state index in [1.54, 1.807) is 0 Å². The topological polar surface area (TPSA) is 35.5 Å². The molecule has 182 valence electrons. The number of alkyl halides is 13. The highest BCUT2D eigenvalue weighted by Crippen LogP contribution is 2.61. The lowest BCUT2D eigenvalue weighted by Gasteiger charge is -2.39. The van der Waals surface area contributed by atoms with Gasteiger partial charge in [-0.25, -0.2) is 0 Å². The van der Waals surface area contributed by atoms with Gasteiger partial charge in [0, 0.05) is 6.42 Å². The van der Waals surface area contributed by atoms with Crippen molar-refractivity contribution in [2.75, 3.05) is 19.4 Å². The number of halogens is 13. The SMILES string of the molecule is CCOP(=O)(CCCC(F)(F)C(F)(F)C(F)(F)C(F)(F)C(F)(F)C(F)(F)F)OCC. The van der Waals surface area contributed by atoms with E-state index in [9.17, 15) is 61.6 Å². The molecule has 0 aliphatic carbocycles. The number of hydrogen-bond acceptors (Lipinski definition) is 3. The molecule has 0 heterocycles. The summed E-state index contributed by atoms with van der Waals surface area (Å²) < 4.78 is 190. The van der Waals surface area contributed by atoms with Crippen molar-refractivity contribution >= 4 is 7.60 Å². The van der Waals surface area contributed by atoms with Crippen LogP contribution in [0.3, 0.4) is 0 Å². The van der Waals surface area contributed by atoms with Gasteiger partial charge in [-0.2, -0.15) is 57.1 Å². The maximum atomic E-state index is 13.6. The molecule has 0 aliphatic heterocycles. The normalized spacial score (nSPS) is 15.6. The molecule has 0 atom stereocenters. The van der Waals surface area contributed by atoms with Gasteiger partial charge in [-0.05, 0) is 20.3 Å². The minimum Gasteiger partial charge on any atom is -0.309 e. The van der Waals surface area contributed by atoms with E-state index in [2.05, 4.69) is 9.05 Å². The van der Waals surface area contributed by atoms with Gasteiger partial charge in [0.25, 0.3) is 0 Å². The predicted molar refractivity (Wildman–Crippen MR) is 75.7 cm³/mol. The summed E-state index contributed by atoms with van der Waals surface area (Å²) in [6, 6.07) is 0. The maximum absolute atomic E-state index is 13.6. The molecule has 0 bridgehead atoms. The quantitative estimate of drug-likeness (QED) is 0.220. The van der Waals surface area contributed by atoms with Gasteiger partial charge >= 0.3 is 43.4 Å². The summed E-state index contributed by atoms with van der Waals surface area (Å²) in [5, 5.41) is 0. The third-order valence-corrected chi connectivity index (χ3v) is 5.74. The summed E-state index contributed by atoms with van der Waals surface area (Å²) >= 11 is 0. The van der Waals surface area contributed by atoms with Crippen molar-refractivity contribution in [2.24, 2.45) is 0 Å². The molecular formula is C13H16F13O3P. The summed E-state index contributed by atoms with van der Waals surface area (Å²) in [6.45, 7) is 1.89. The standard InChI is InChI=1S/C13H16F13O3P/c1-3-28-30(27,29-4-2)7-5-6-8(14,15)9(16,17)10(18,19)11(20,21)12(22,23)13(24,25)26/h3-7H2,1-2H3. The largest absolute Gasteiger partial charge is 0.460 e. The van der Waals surface area contributed by atoms with E-state index in [-0.39, 0.29) is 13.2 Å².